The number of nitrogens with two attached hydrogens (primary N) is 1. The molecule has 0 radical (unpaired) electrons. The second kappa shape index (κ2) is 4.89. The summed E-state index contributed by atoms with van der Waals surface area (Å²) in [7, 11) is 3.00. The highest BCUT2D eigenvalue weighted by Gasteiger charge is 2.10. The van der Waals surface area contributed by atoms with E-state index in [1.807, 2.05) is 0 Å². The van der Waals surface area contributed by atoms with Crippen LogP contribution >= 0.6 is 0 Å². The first-order valence-electron chi connectivity index (χ1n) is 5.38. The topological polar surface area (TPSA) is 99.6 Å². The first-order chi connectivity index (χ1) is 9.06. The van der Waals surface area contributed by atoms with Crippen molar-refractivity contribution in [1.29, 1.82) is 0 Å². The lowest BCUT2D eigenvalue weighted by atomic mass is 10.2. The smallest absolute Gasteiger partial charge is 0.275 e. The molecule has 0 aliphatic rings. The van der Waals surface area contributed by atoms with Crippen molar-refractivity contribution >= 4 is 5.82 Å². The van der Waals surface area contributed by atoms with Crippen molar-refractivity contribution < 1.29 is 14.6 Å². The second-order valence-corrected chi connectivity index (χ2v) is 3.70. The molecular formula is C12H13N3O4. The second-order valence-electron chi connectivity index (χ2n) is 3.70. The SMILES string of the molecule is COc1ccc(-n2nc(N)c(O)cc2=O)cc1OC. The average Bonchev–Trinajstić information content (AvgIpc) is 2.42. The largest absolute Gasteiger partial charge is 0.504 e. The molecule has 0 aliphatic carbocycles. The third-order valence-electron chi connectivity index (χ3n) is 2.55. The number of aromatic nitrogens is 2. The van der Waals surface area contributed by atoms with Gasteiger partial charge in [-0.1, -0.05) is 0 Å². The number of hydrogen-bond donors (Lipinski definition) is 2. The molecule has 100 valence electrons. The van der Waals surface area contributed by atoms with Crippen LogP contribution < -0.4 is 20.8 Å². The zero-order valence-corrected chi connectivity index (χ0v) is 10.5. The van der Waals surface area contributed by atoms with Crippen LogP contribution in [0, 0.1) is 0 Å². The fourth-order valence-corrected chi connectivity index (χ4v) is 1.60. The lowest BCUT2D eigenvalue weighted by molar-refractivity contribution is 0.354. The van der Waals surface area contributed by atoms with Crippen LogP contribution in [-0.2, 0) is 0 Å². The maximum atomic E-state index is 11.8. The Morgan fingerprint density at radius 1 is 1.21 bits per heavy atom. The van der Waals surface area contributed by atoms with E-state index in [1.54, 1.807) is 18.2 Å². The molecule has 0 saturated heterocycles. The molecule has 0 bridgehead atoms. The molecular weight excluding hydrogens is 250 g/mol. The Labute approximate surface area is 108 Å². The number of nitrogens with zero attached hydrogens (tertiary/aromatic N) is 2. The monoisotopic (exact) mass is 263 g/mol. The van der Waals surface area contributed by atoms with E-state index in [2.05, 4.69) is 5.10 Å². The summed E-state index contributed by atoms with van der Waals surface area (Å²) in [6, 6.07) is 5.86. The highest BCUT2D eigenvalue weighted by atomic mass is 16.5. The van der Waals surface area contributed by atoms with E-state index in [1.165, 1.54) is 14.2 Å². The summed E-state index contributed by atoms with van der Waals surface area (Å²) in [5.41, 5.74) is 5.43. The molecule has 7 heteroatoms. The highest BCUT2D eigenvalue weighted by molar-refractivity contribution is 5.50. The molecule has 1 aromatic heterocycles. The molecule has 19 heavy (non-hydrogen) atoms. The van der Waals surface area contributed by atoms with E-state index in [4.69, 9.17) is 15.2 Å². The Balaban J connectivity index is 2.59. The van der Waals surface area contributed by atoms with Gasteiger partial charge in [0.15, 0.2) is 23.1 Å². The number of benzene rings is 1. The molecule has 0 fully saturated rings. The Hall–Kier alpha value is -2.70. The van der Waals surface area contributed by atoms with Crippen molar-refractivity contribution in [1.82, 2.24) is 9.78 Å². The van der Waals surface area contributed by atoms with E-state index < -0.39 is 5.56 Å². The number of methoxy groups -OCH3 is 2. The fourth-order valence-electron chi connectivity index (χ4n) is 1.60. The summed E-state index contributed by atoms with van der Waals surface area (Å²) < 4.78 is 11.3. The number of hydrogen-bond acceptors (Lipinski definition) is 6. The number of anilines is 1. The van der Waals surface area contributed by atoms with Gasteiger partial charge in [0, 0.05) is 6.07 Å². The maximum absolute atomic E-state index is 11.8. The lowest BCUT2D eigenvalue weighted by Crippen LogP contribution is -2.21. The number of aromatic hydroxyl groups is 1. The Kier molecular flexibility index (Phi) is 3.28. The van der Waals surface area contributed by atoms with Crippen molar-refractivity contribution in [3.05, 3.63) is 34.6 Å². The number of rotatable bonds is 3. The van der Waals surface area contributed by atoms with Crippen molar-refractivity contribution in [3.8, 4) is 22.9 Å². The Bertz CT molecular complexity index is 667. The summed E-state index contributed by atoms with van der Waals surface area (Å²) in [5, 5.41) is 13.1. The predicted octanol–water partition coefficient (Wildman–Crippen LogP) is 0.537. The van der Waals surface area contributed by atoms with Crippen LogP contribution in [0.15, 0.2) is 29.1 Å². The third-order valence-corrected chi connectivity index (χ3v) is 2.55. The number of nitrogen functional groups attached to an aromatic ring is 1. The standard InChI is InChI=1S/C12H13N3O4/c1-18-9-4-3-7(5-10(9)19-2)15-11(17)6-8(16)12(13)14-15/h3-6,16H,1-2H3,(H2,13,14). The quantitative estimate of drug-likeness (QED) is 0.838. The predicted molar refractivity (Wildman–Crippen MR) is 69.0 cm³/mol. The molecule has 1 heterocycles. The van der Waals surface area contributed by atoms with Crippen LogP contribution in [0.2, 0.25) is 0 Å². The molecule has 1 aromatic carbocycles. The van der Waals surface area contributed by atoms with E-state index in [0.29, 0.717) is 17.2 Å². The molecule has 2 rings (SSSR count). The Morgan fingerprint density at radius 2 is 1.89 bits per heavy atom. The van der Waals surface area contributed by atoms with Crippen LogP contribution in [-0.4, -0.2) is 29.1 Å². The molecule has 0 atom stereocenters. The first kappa shape index (κ1) is 12.7. The average molecular weight is 263 g/mol. The maximum Gasteiger partial charge on any atom is 0.275 e. The van der Waals surface area contributed by atoms with Crippen molar-refractivity contribution in [2.75, 3.05) is 20.0 Å². The number of ether oxygens (including phenoxy) is 2. The zero-order valence-electron chi connectivity index (χ0n) is 10.5. The Morgan fingerprint density at radius 3 is 2.53 bits per heavy atom. The van der Waals surface area contributed by atoms with E-state index >= 15 is 0 Å². The van der Waals surface area contributed by atoms with Gasteiger partial charge in [-0.15, -0.1) is 5.10 Å². The van der Waals surface area contributed by atoms with Gasteiger partial charge < -0.3 is 20.3 Å². The first-order valence-corrected chi connectivity index (χ1v) is 5.38. The molecule has 0 unspecified atom stereocenters. The van der Waals surface area contributed by atoms with E-state index in [-0.39, 0.29) is 11.6 Å². The van der Waals surface area contributed by atoms with Crippen LogP contribution in [0.1, 0.15) is 0 Å². The van der Waals surface area contributed by atoms with Gasteiger partial charge >= 0.3 is 0 Å². The van der Waals surface area contributed by atoms with Gasteiger partial charge in [0.2, 0.25) is 0 Å². The molecule has 0 saturated carbocycles. The van der Waals surface area contributed by atoms with Crippen molar-refractivity contribution in [2.45, 2.75) is 0 Å². The zero-order chi connectivity index (χ0) is 14.0. The summed E-state index contributed by atoms with van der Waals surface area (Å²) in [6.45, 7) is 0. The van der Waals surface area contributed by atoms with Gasteiger partial charge in [-0.25, -0.2) is 0 Å². The van der Waals surface area contributed by atoms with Crippen LogP contribution in [0.4, 0.5) is 5.82 Å². The minimum absolute atomic E-state index is 0.130. The fraction of sp³-hybridized carbons (Fsp3) is 0.167. The molecule has 3 N–H and O–H groups in total. The summed E-state index contributed by atoms with van der Waals surface area (Å²) in [6.07, 6.45) is 0. The highest BCUT2D eigenvalue weighted by Crippen LogP contribution is 2.28. The summed E-state index contributed by atoms with van der Waals surface area (Å²) >= 11 is 0. The normalized spacial score (nSPS) is 10.2. The van der Waals surface area contributed by atoms with E-state index in [0.717, 1.165) is 10.7 Å². The molecule has 0 amide bonds. The minimum Gasteiger partial charge on any atom is -0.504 e. The molecule has 2 aromatic rings. The van der Waals surface area contributed by atoms with Gasteiger partial charge in [-0.05, 0) is 12.1 Å². The molecule has 0 spiro atoms. The lowest BCUT2D eigenvalue weighted by Gasteiger charge is -2.10. The van der Waals surface area contributed by atoms with Crippen LogP contribution in [0.3, 0.4) is 0 Å². The van der Waals surface area contributed by atoms with Gasteiger partial charge in [0.1, 0.15) is 0 Å². The van der Waals surface area contributed by atoms with E-state index in [9.17, 15) is 9.90 Å². The van der Waals surface area contributed by atoms with Crippen molar-refractivity contribution in [2.24, 2.45) is 0 Å². The summed E-state index contributed by atoms with van der Waals surface area (Å²) in [4.78, 5) is 11.8. The van der Waals surface area contributed by atoms with Crippen molar-refractivity contribution in [3.63, 3.8) is 0 Å². The molecule has 0 aliphatic heterocycles. The minimum atomic E-state index is -0.501. The van der Waals surface area contributed by atoms with Gasteiger partial charge in [0.25, 0.3) is 5.56 Å². The third kappa shape index (κ3) is 2.30. The summed E-state index contributed by atoms with van der Waals surface area (Å²) in [5.74, 6) is 0.516. The van der Waals surface area contributed by atoms with Gasteiger partial charge in [-0.2, -0.15) is 4.68 Å². The van der Waals surface area contributed by atoms with Crippen LogP contribution in [0.5, 0.6) is 17.2 Å². The van der Waals surface area contributed by atoms with Crippen LogP contribution in [0.25, 0.3) is 5.69 Å². The van der Waals surface area contributed by atoms with Gasteiger partial charge in [-0.3, -0.25) is 4.79 Å². The molecule has 7 nitrogen and oxygen atoms in total. The van der Waals surface area contributed by atoms with Gasteiger partial charge in [0.05, 0.1) is 26.0 Å².